The van der Waals surface area contributed by atoms with Crippen LogP contribution in [0.3, 0.4) is 0 Å². The monoisotopic (exact) mass is 340 g/mol. The molecule has 4 N–H and O–H groups in total. The molecule has 2 aliphatic rings. The maximum absolute atomic E-state index is 12.8. The SMILES string of the molecule is CC1(O)Cc2c(O)c3c(c(O)c2[C@@H](O)C1)C(=O)c1ccccc1C3=O. The molecule has 25 heavy (non-hydrogen) atoms. The van der Waals surface area contributed by atoms with E-state index in [1.807, 2.05) is 0 Å². The largest absolute Gasteiger partial charge is 0.507 e. The predicted octanol–water partition coefficient (Wildman–Crippen LogP) is 1.60. The van der Waals surface area contributed by atoms with Gasteiger partial charge in [0.2, 0.25) is 0 Å². The van der Waals surface area contributed by atoms with Gasteiger partial charge in [-0.05, 0) is 6.92 Å². The second-order valence-electron chi connectivity index (χ2n) is 6.94. The number of aromatic hydroxyl groups is 2. The zero-order chi connectivity index (χ0) is 18.1. The van der Waals surface area contributed by atoms with Crippen molar-refractivity contribution in [1.82, 2.24) is 0 Å². The van der Waals surface area contributed by atoms with Crippen LogP contribution >= 0.6 is 0 Å². The van der Waals surface area contributed by atoms with Crippen molar-refractivity contribution in [1.29, 1.82) is 0 Å². The van der Waals surface area contributed by atoms with Gasteiger partial charge >= 0.3 is 0 Å². The minimum Gasteiger partial charge on any atom is -0.507 e. The van der Waals surface area contributed by atoms with Gasteiger partial charge in [0.1, 0.15) is 11.5 Å². The minimum absolute atomic E-state index is 0.00306. The summed E-state index contributed by atoms with van der Waals surface area (Å²) in [5, 5.41) is 41.9. The van der Waals surface area contributed by atoms with Crippen LogP contribution in [-0.2, 0) is 6.42 Å². The maximum Gasteiger partial charge on any atom is 0.198 e. The summed E-state index contributed by atoms with van der Waals surface area (Å²) in [5.74, 6) is -2.11. The normalized spacial score (nSPS) is 24.5. The summed E-state index contributed by atoms with van der Waals surface area (Å²) in [5.41, 5.74) is -1.47. The highest BCUT2D eigenvalue weighted by atomic mass is 16.3. The van der Waals surface area contributed by atoms with Crippen LogP contribution in [-0.4, -0.2) is 37.6 Å². The van der Waals surface area contributed by atoms with Crippen molar-refractivity contribution in [2.45, 2.75) is 31.5 Å². The van der Waals surface area contributed by atoms with Gasteiger partial charge in [-0.3, -0.25) is 9.59 Å². The lowest BCUT2D eigenvalue weighted by atomic mass is 9.74. The van der Waals surface area contributed by atoms with Gasteiger partial charge in [-0.25, -0.2) is 0 Å². The first kappa shape index (κ1) is 15.8. The van der Waals surface area contributed by atoms with Crippen molar-refractivity contribution in [2.24, 2.45) is 0 Å². The summed E-state index contributed by atoms with van der Waals surface area (Å²) in [6, 6.07) is 6.18. The molecule has 0 spiro atoms. The number of carbonyl (C=O) groups is 2. The number of ketones is 2. The average molecular weight is 340 g/mol. The fourth-order valence-corrected chi connectivity index (χ4v) is 3.89. The molecular weight excluding hydrogens is 324 g/mol. The van der Waals surface area contributed by atoms with Gasteiger partial charge in [0, 0.05) is 35.1 Å². The van der Waals surface area contributed by atoms with Gasteiger partial charge in [0.25, 0.3) is 0 Å². The first-order valence-corrected chi connectivity index (χ1v) is 7.92. The second kappa shape index (κ2) is 4.91. The Hall–Kier alpha value is -2.70. The number of hydrogen-bond donors (Lipinski definition) is 4. The number of aliphatic hydroxyl groups is 2. The highest BCUT2D eigenvalue weighted by molar-refractivity contribution is 6.30. The van der Waals surface area contributed by atoms with Crippen LogP contribution in [0.15, 0.2) is 24.3 Å². The molecule has 1 unspecified atom stereocenters. The van der Waals surface area contributed by atoms with Crippen LogP contribution in [0, 0.1) is 0 Å². The first-order chi connectivity index (χ1) is 11.7. The third-order valence-electron chi connectivity index (χ3n) is 4.98. The van der Waals surface area contributed by atoms with Crippen molar-refractivity contribution in [3.8, 4) is 11.5 Å². The number of phenolic OH excluding ortho intramolecular Hbond substituents is 2. The van der Waals surface area contributed by atoms with E-state index >= 15 is 0 Å². The van der Waals surface area contributed by atoms with Gasteiger partial charge < -0.3 is 20.4 Å². The van der Waals surface area contributed by atoms with Crippen LogP contribution in [0.4, 0.5) is 0 Å². The lowest BCUT2D eigenvalue weighted by Crippen LogP contribution is -2.35. The number of aliphatic hydroxyl groups excluding tert-OH is 1. The number of benzene rings is 2. The predicted molar refractivity (Wildman–Crippen MR) is 87.0 cm³/mol. The number of hydrogen-bond acceptors (Lipinski definition) is 6. The molecule has 0 aliphatic heterocycles. The lowest BCUT2D eigenvalue weighted by Gasteiger charge is -2.35. The number of carbonyl (C=O) groups excluding carboxylic acids is 2. The van der Waals surface area contributed by atoms with Crippen LogP contribution in [0.25, 0.3) is 0 Å². The van der Waals surface area contributed by atoms with Crippen molar-refractivity contribution in [2.75, 3.05) is 0 Å². The van der Waals surface area contributed by atoms with Crippen molar-refractivity contribution >= 4 is 11.6 Å². The van der Waals surface area contributed by atoms with Gasteiger partial charge in [0.15, 0.2) is 11.6 Å². The molecule has 2 aromatic rings. The van der Waals surface area contributed by atoms with Crippen LogP contribution < -0.4 is 0 Å². The Balaban J connectivity index is 2.07. The third-order valence-corrected chi connectivity index (χ3v) is 4.98. The number of fused-ring (bicyclic) bond motifs is 3. The fourth-order valence-electron chi connectivity index (χ4n) is 3.89. The fraction of sp³-hybridized carbons (Fsp3) is 0.263. The molecule has 0 fully saturated rings. The highest BCUT2D eigenvalue weighted by Crippen LogP contribution is 2.49. The molecule has 0 saturated heterocycles. The van der Waals surface area contributed by atoms with E-state index in [-0.39, 0.29) is 46.2 Å². The molecule has 2 atom stereocenters. The molecule has 2 aromatic carbocycles. The number of phenols is 2. The molecule has 2 aliphatic carbocycles. The molecule has 6 nitrogen and oxygen atoms in total. The molecular formula is C19H16O6. The van der Waals surface area contributed by atoms with Crippen molar-refractivity contribution < 1.29 is 30.0 Å². The lowest BCUT2D eigenvalue weighted by molar-refractivity contribution is -0.00904. The van der Waals surface area contributed by atoms with Crippen LogP contribution in [0.1, 0.15) is 62.4 Å². The molecule has 128 valence electrons. The summed E-state index contributed by atoms with van der Waals surface area (Å²) in [4.78, 5) is 25.6. The van der Waals surface area contributed by atoms with E-state index in [0.717, 1.165) is 0 Å². The van der Waals surface area contributed by atoms with Crippen LogP contribution in [0.5, 0.6) is 11.5 Å². The zero-order valence-electron chi connectivity index (χ0n) is 13.4. The van der Waals surface area contributed by atoms with Gasteiger partial charge in [-0.1, -0.05) is 24.3 Å². The molecule has 0 amide bonds. The van der Waals surface area contributed by atoms with Crippen LogP contribution in [0.2, 0.25) is 0 Å². The van der Waals surface area contributed by atoms with E-state index in [1.54, 1.807) is 12.1 Å². The highest BCUT2D eigenvalue weighted by Gasteiger charge is 2.43. The van der Waals surface area contributed by atoms with Gasteiger partial charge in [0.05, 0.1) is 22.8 Å². The Morgan fingerprint density at radius 2 is 1.52 bits per heavy atom. The molecule has 0 radical (unpaired) electrons. The summed E-state index contributed by atoms with van der Waals surface area (Å²) in [6.45, 7) is 1.50. The van der Waals surface area contributed by atoms with Gasteiger partial charge in [-0.15, -0.1) is 0 Å². The second-order valence-corrected chi connectivity index (χ2v) is 6.94. The molecule has 0 aromatic heterocycles. The summed E-state index contributed by atoms with van der Waals surface area (Å²) in [6.07, 6.45) is -1.35. The quantitative estimate of drug-likeness (QED) is 0.462. The maximum atomic E-state index is 12.8. The topological polar surface area (TPSA) is 115 Å². The molecule has 0 heterocycles. The van der Waals surface area contributed by atoms with Gasteiger partial charge in [-0.2, -0.15) is 0 Å². The molecule has 4 rings (SSSR count). The standard InChI is InChI=1S/C19H16O6/c1-19(25)6-10-12(11(20)7-19)18(24)14-13(17(10)23)15(21)8-4-2-3-5-9(8)16(14)22/h2-5,11,20,23-25H,6-7H2,1H3/t11-,19?/m0/s1. The van der Waals surface area contributed by atoms with E-state index in [4.69, 9.17) is 0 Å². The molecule has 0 saturated carbocycles. The minimum atomic E-state index is -1.30. The molecule has 0 bridgehead atoms. The summed E-state index contributed by atoms with van der Waals surface area (Å²) < 4.78 is 0. The van der Waals surface area contributed by atoms with E-state index < -0.39 is 34.8 Å². The smallest absolute Gasteiger partial charge is 0.198 e. The Morgan fingerprint density at radius 3 is 2.08 bits per heavy atom. The Kier molecular flexibility index (Phi) is 3.10. The molecule has 6 heteroatoms. The summed E-state index contributed by atoms with van der Waals surface area (Å²) >= 11 is 0. The Labute approximate surface area is 143 Å². The van der Waals surface area contributed by atoms with Crippen molar-refractivity contribution in [3.63, 3.8) is 0 Å². The Bertz CT molecular complexity index is 957. The van der Waals surface area contributed by atoms with E-state index in [1.165, 1.54) is 19.1 Å². The average Bonchev–Trinajstić information content (AvgIpc) is 2.54. The first-order valence-electron chi connectivity index (χ1n) is 7.92. The van der Waals surface area contributed by atoms with Crippen molar-refractivity contribution in [3.05, 3.63) is 57.6 Å². The van der Waals surface area contributed by atoms with E-state index in [0.29, 0.717) is 0 Å². The zero-order valence-corrected chi connectivity index (χ0v) is 13.4. The van der Waals surface area contributed by atoms with E-state index in [9.17, 15) is 30.0 Å². The van der Waals surface area contributed by atoms with E-state index in [2.05, 4.69) is 0 Å². The Morgan fingerprint density at radius 1 is 1.00 bits per heavy atom. The third kappa shape index (κ3) is 2.04. The summed E-state index contributed by atoms with van der Waals surface area (Å²) in [7, 11) is 0. The number of rotatable bonds is 0.